The van der Waals surface area contributed by atoms with E-state index in [0.29, 0.717) is 24.6 Å². The number of carbonyl (C=O) groups is 2. The van der Waals surface area contributed by atoms with E-state index < -0.39 is 0 Å². The fourth-order valence-corrected chi connectivity index (χ4v) is 4.62. The largest absolute Gasteiger partial charge is 0.383 e. The van der Waals surface area contributed by atoms with E-state index in [4.69, 9.17) is 5.73 Å². The fourth-order valence-electron chi connectivity index (χ4n) is 4.62. The third-order valence-corrected chi connectivity index (χ3v) is 6.61. The van der Waals surface area contributed by atoms with Crippen molar-refractivity contribution in [2.24, 2.45) is 11.3 Å². The number of nitrogens with zero attached hydrogens (tertiary/aromatic N) is 3. The number of anilines is 2. The zero-order valence-electron chi connectivity index (χ0n) is 17.3. The molecule has 5 rings (SSSR count). The molecule has 2 atom stereocenters. The lowest BCUT2D eigenvalue weighted by Gasteiger charge is -2.13. The van der Waals surface area contributed by atoms with Crippen molar-refractivity contribution in [1.29, 1.82) is 0 Å². The van der Waals surface area contributed by atoms with Crippen LogP contribution in [0.25, 0.3) is 22.0 Å². The third-order valence-electron chi connectivity index (χ3n) is 6.61. The predicted molar refractivity (Wildman–Crippen MR) is 118 cm³/mol. The number of nitrogens with one attached hydrogen (secondary N) is 2. The summed E-state index contributed by atoms with van der Waals surface area (Å²) in [6.45, 7) is 2.64. The lowest BCUT2D eigenvalue weighted by Crippen LogP contribution is -2.22. The monoisotopic (exact) mass is 416 g/mol. The molecule has 0 aromatic carbocycles. The van der Waals surface area contributed by atoms with Crippen LogP contribution in [0.5, 0.6) is 0 Å². The standard InChI is InChI=1S/C23H24N6O2/c1-13-3-6-25-11-15(13)18-8-14-9-19(27-12-16(14)21(24)28-18)29-22(31)17-10-23(17)4-2-20(30)26-7-5-23/h3,6,8-9,11-12,17H,2,4-5,7,10H2,1H3,(H2,24,28)(H,26,30)(H,27,29,31)/t17-,23+/m1/s1. The second-order valence-corrected chi connectivity index (χ2v) is 8.58. The maximum absolute atomic E-state index is 12.9. The molecule has 4 heterocycles. The molecule has 2 fully saturated rings. The number of nitrogens with two attached hydrogens (primary N) is 1. The van der Waals surface area contributed by atoms with Gasteiger partial charge in [0.15, 0.2) is 0 Å². The van der Waals surface area contributed by atoms with E-state index in [0.717, 1.165) is 46.9 Å². The third kappa shape index (κ3) is 3.58. The summed E-state index contributed by atoms with van der Waals surface area (Å²) in [5.41, 5.74) is 8.82. The summed E-state index contributed by atoms with van der Waals surface area (Å²) in [5, 5.41) is 7.44. The van der Waals surface area contributed by atoms with Gasteiger partial charge < -0.3 is 16.4 Å². The second-order valence-electron chi connectivity index (χ2n) is 8.58. The summed E-state index contributed by atoms with van der Waals surface area (Å²) in [6, 6.07) is 5.69. The van der Waals surface area contributed by atoms with Gasteiger partial charge in [-0.1, -0.05) is 0 Å². The molecular formula is C23H24N6O2. The highest BCUT2D eigenvalue weighted by Crippen LogP contribution is 2.59. The molecule has 8 nitrogen and oxygen atoms in total. The number of aryl methyl sites for hydroxylation is 1. The molecule has 31 heavy (non-hydrogen) atoms. The van der Waals surface area contributed by atoms with E-state index in [2.05, 4.69) is 25.6 Å². The van der Waals surface area contributed by atoms with Gasteiger partial charge in [-0.15, -0.1) is 0 Å². The number of hydrogen-bond donors (Lipinski definition) is 3. The minimum absolute atomic E-state index is 0.0356. The Kier molecular flexibility index (Phi) is 4.57. The normalized spacial score (nSPS) is 22.7. The molecule has 1 spiro atoms. The summed E-state index contributed by atoms with van der Waals surface area (Å²) in [7, 11) is 0. The van der Waals surface area contributed by atoms with Crippen molar-refractivity contribution in [1.82, 2.24) is 20.3 Å². The molecule has 3 aromatic rings. The van der Waals surface area contributed by atoms with Crippen molar-refractivity contribution in [2.75, 3.05) is 17.6 Å². The first-order chi connectivity index (χ1) is 14.9. The van der Waals surface area contributed by atoms with Crippen LogP contribution in [-0.2, 0) is 9.59 Å². The maximum atomic E-state index is 12.9. The van der Waals surface area contributed by atoms with Gasteiger partial charge in [-0.2, -0.15) is 0 Å². The van der Waals surface area contributed by atoms with Crippen LogP contribution < -0.4 is 16.4 Å². The van der Waals surface area contributed by atoms with Crippen LogP contribution >= 0.6 is 0 Å². The average molecular weight is 416 g/mol. The molecule has 0 unspecified atom stereocenters. The van der Waals surface area contributed by atoms with E-state index in [-0.39, 0.29) is 23.1 Å². The Morgan fingerprint density at radius 3 is 3.00 bits per heavy atom. The average Bonchev–Trinajstić information content (AvgIpc) is 3.50. The van der Waals surface area contributed by atoms with Crippen LogP contribution in [0.4, 0.5) is 11.6 Å². The van der Waals surface area contributed by atoms with Gasteiger partial charge in [0.25, 0.3) is 0 Å². The van der Waals surface area contributed by atoms with Gasteiger partial charge in [-0.05, 0) is 60.7 Å². The van der Waals surface area contributed by atoms with Crippen LogP contribution in [0.3, 0.4) is 0 Å². The number of fused-ring (bicyclic) bond motifs is 1. The Morgan fingerprint density at radius 2 is 2.16 bits per heavy atom. The zero-order chi connectivity index (χ0) is 21.6. The van der Waals surface area contributed by atoms with Gasteiger partial charge in [0.1, 0.15) is 11.6 Å². The number of pyridine rings is 3. The molecule has 4 N–H and O–H groups in total. The molecule has 8 heteroatoms. The number of amides is 2. The molecular weight excluding hydrogens is 392 g/mol. The molecule has 1 saturated heterocycles. The van der Waals surface area contributed by atoms with Crippen molar-refractivity contribution in [3.05, 3.63) is 42.4 Å². The summed E-state index contributed by atoms with van der Waals surface area (Å²) in [4.78, 5) is 37.6. The molecule has 1 aliphatic carbocycles. The molecule has 1 aliphatic heterocycles. The summed E-state index contributed by atoms with van der Waals surface area (Å²) in [6.07, 6.45) is 8.07. The second kappa shape index (κ2) is 7.30. The van der Waals surface area contributed by atoms with E-state index in [9.17, 15) is 9.59 Å². The number of nitrogen functional groups attached to an aromatic ring is 1. The highest BCUT2D eigenvalue weighted by atomic mass is 16.2. The van der Waals surface area contributed by atoms with E-state index in [1.165, 1.54) is 0 Å². The van der Waals surface area contributed by atoms with Crippen molar-refractivity contribution in [3.8, 4) is 11.3 Å². The predicted octanol–water partition coefficient (Wildman–Crippen LogP) is 2.83. The van der Waals surface area contributed by atoms with Crippen LogP contribution in [0, 0.1) is 18.3 Å². The first-order valence-electron chi connectivity index (χ1n) is 10.5. The number of rotatable bonds is 3. The Morgan fingerprint density at radius 1 is 1.29 bits per heavy atom. The molecule has 0 bridgehead atoms. The molecule has 158 valence electrons. The first kappa shape index (κ1) is 19.4. The van der Waals surface area contributed by atoms with Crippen LogP contribution in [0.1, 0.15) is 31.2 Å². The van der Waals surface area contributed by atoms with E-state index >= 15 is 0 Å². The highest BCUT2D eigenvalue weighted by molar-refractivity contribution is 5.99. The minimum Gasteiger partial charge on any atom is -0.383 e. The van der Waals surface area contributed by atoms with Crippen LogP contribution in [0.2, 0.25) is 0 Å². The van der Waals surface area contributed by atoms with E-state index in [1.54, 1.807) is 18.6 Å². The zero-order valence-corrected chi connectivity index (χ0v) is 17.3. The van der Waals surface area contributed by atoms with Crippen LogP contribution in [0.15, 0.2) is 36.8 Å². The van der Waals surface area contributed by atoms with Crippen molar-refractivity contribution in [3.63, 3.8) is 0 Å². The molecule has 0 radical (unpaired) electrons. The maximum Gasteiger partial charge on any atom is 0.229 e. The van der Waals surface area contributed by atoms with Gasteiger partial charge in [-0.3, -0.25) is 14.6 Å². The molecule has 2 amide bonds. The molecule has 1 saturated carbocycles. The number of carbonyl (C=O) groups excluding carboxylic acids is 2. The van der Waals surface area contributed by atoms with Crippen molar-refractivity contribution < 1.29 is 9.59 Å². The van der Waals surface area contributed by atoms with E-state index in [1.807, 2.05) is 25.1 Å². The van der Waals surface area contributed by atoms with Gasteiger partial charge >= 0.3 is 0 Å². The molecule has 2 aliphatic rings. The Hall–Kier alpha value is -3.55. The fraction of sp³-hybridized carbons (Fsp3) is 0.348. The summed E-state index contributed by atoms with van der Waals surface area (Å²) >= 11 is 0. The Bertz CT molecular complexity index is 1210. The minimum atomic E-state index is -0.0752. The van der Waals surface area contributed by atoms with Crippen molar-refractivity contribution >= 4 is 34.2 Å². The SMILES string of the molecule is Cc1ccncc1-c1cc2cc(NC(=O)[C@H]3C[C@]34CCNC(=O)CC4)ncc2c(N)n1. The summed E-state index contributed by atoms with van der Waals surface area (Å²) < 4.78 is 0. The smallest absolute Gasteiger partial charge is 0.229 e. The quantitative estimate of drug-likeness (QED) is 0.603. The Balaban J connectivity index is 1.39. The lowest BCUT2D eigenvalue weighted by atomic mass is 9.94. The van der Waals surface area contributed by atoms with Gasteiger partial charge in [0.05, 0.1) is 5.69 Å². The van der Waals surface area contributed by atoms with Crippen molar-refractivity contribution in [2.45, 2.75) is 32.6 Å². The van der Waals surface area contributed by atoms with Gasteiger partial charge in [-0.25, -0.2) is 9.97 Å². The molecule has 3 aromatic heterocycles. The Labute approximate surface area is 179 Å². The first-order valence-corrected chi connectivity index (χ1v) is 10.5. The number of hydrogen-bond acceptors (Lipinski definition) is 6. The number of aromatic nitrogens is 3. The van der Waals surface area contributed by atoms with Gasteiger partial charge in [0, 0.05) is 48.4 Å². The lowest BCUT2D eigenvalue weighted by molar-refractivity contribution is -0.121. The topological polar surface area (TPSA) is 123 Å². The van der Waals surface area contributed by atoms with Gasteiger partial charge in [0.2, 0.25) is 11.8 Å². The highest BCUT2D eigenvalue weighted by Gasteiger charge is 2.57. The summed E-state index contributed by atoms with van der Waals surface area (Å²) in [5.74, 6) is 0.838. The van der Waals surface area contributed by atoms with Crippen LogP contribution in [-0.4, -0.2) is 33.3 Å².